The number of aromatic nitrogens is 1. The monoisotopic (exact) mass is 445 g/mol. The third kappa shape index (κ3) is 3.36. The maximum atomic E-state index is 13.5. The molecule has 3 heterocycles. The van der Waals surface area contributed by atoms with Gasteiger partial charge in [0.05, 0.1) is 26.2 Å². The molecule has 0 unspecified atom stereocenters. The molecule has 0 radical (unpaired) electrons. The Morgan fingerprint density at radius 3 is 2.52 bits per heavy atom. The van der Waals surface area contributed by atoms with E-state index < -0.39 is 17.3 Å². The second-order valence-corrected chi connectivity index (χ2v) is 7.57. The van der Waals surface area contributed by atoms with Crippen molar-refractivity contribution in [1.82, 2.24) is 4.98 Å². The molecule has 8 heteroatoms. The largest absolute Gasteiger partial charge is 0.507 e. The van der Waals surface area contributed by atoms with Gasteiger partial charge in [-0.15, -0.1) is 0 Å². The second-order valence-electron chi connectivity index (χ2n) is 7.57. The van der Waals surface area contributed by atoms with Gasteiger partial charge in [0.1, 0.15) is 28.7 Å². The lowest BCUT2D eigenvalue weighted by Gasteiger charge is -2.25. The average Bonchev–Trinajstić information content (AvgIpc) is 2.83. The molecule has 8 nitrogen and oxygen atoms in total. The third-order valence-corrected chi connectivity index (χ3v) is 5.77. The number of pyridine rings is 1. The zero-order valence-electron chi connectivity index (χ0n) is 17.8. The summed E-state index contributed by atoms with van der Waals surface area (Å²) in [6, 6.07) is 9.93. The van der Waals surface area contributed by atoms with Crippen molar-refractivity contribution in [3.8, 4) is 34.1 Å². The van der Waals surface area contributed by atoms with E-state index >= 15 is 0 Å². The van der Waals surface area contributed by atoms with Gasteiger partial charge in [-0.05, 0) is 35.4 Å². The maximum Gasteiger partial charge on any atom is 0.312 e. The fraction of sp³-hybridized carbons (Fsp3) is 0.160. The van der Waals surface area contributed by atoms with Crippen LogP contribution in [0.15, 0.2) is 64.3 Å². The summed E-state index contributed by atoms with van der Waals surface area (Å²) in [5.41, 5.74) is 1.89. The minimum Gasteiger partial charge on any atom is -0.507 e. The first-order chi connectivity index (χ1) is 16.0. The van der Waals surface area contributed by atoms with E-state index in [-0.39, 0.29) is 34.5 Å². The molecule has 166 valence electrons. The molecule has 0 fully saturated rings. The second kappa shape index (κ2) is 7.98. The van der Waals surface area contributed by atoms with E-state index in [0.717, 1.165) is 5.56 Å². The number of hydrogen-bond acceptors (Lipinski definition) is 8. The molecule has 2 aromatic heterocycles. The van der Waals surface area contributed by atoms with Crippen LogP contribution in [0, 0.1) is 0 Å². The number of hydrogen-bond donors (Lipinski definition) is 1. The number of carbonyl (C=O) groups is 1. The molecule has 5 rings (SSSR count). The summed E-state index contributed by atoms with van der Waals surface area (Å²) in [6.45, 7) is 0. The van der Waals surface area contributed by atoms with Crippen molar-refractivity contribution in [3.63, 3.8) is 0 Å². The number of methoxy groups -OCH3 is 2. The van der Waals surface area contributed by atoms with Crippen LogP contribution in [0.25, 0.3) is 22.1 Å². The molecule has 0 saturated heterocycles. The highest BCUT2D eigenvalue weighted by Crippen LogP contribution is 2.45. The Morgan fingerprint density at radius 2 is 1.79 bits per heavy atom. The van der Waals surface area contributed by atoms with Crippen LogP contribution in [-0.2, 0) is 4.79 Å². The molecule has 1 aliphatic heterocycles. The van der Waals surface area contributed by atoms with Gasteiger partial charge < -0.3 is 23.7 Å². The first kappa shape index (κ1) is 20.6. The zero-order chi connectivity index (χ0) is 23.1. The van der Waals surface area contributed by atoms with Crippen LogP contribution in [-0.4, -0.2) is 30.3 Å². The van der Waals surface area contributed by atoms with E-state index in [1.54, 1.807) is 42.7 Å². The number of carbonyl (C=O) groups excluding carboxylic acids is 1. The molecule has 0 aliphatic carbocycles. The van der Waals surface area contributed by atoms with Crippen molar-refractivity contribution in [1.29, 1.82) is 0 Å². The molecule has 33 heavy (non-hydrogen) atoms. The fourth-order valence-corrected chi connectivity index (χ4v) is 4.22. The molecule has 0 spiro atoms. The molecule has 0 bridgehead atoms. The molecule has 1 aliphatic rings. The van der Waals surface area contributed by atoms with Crippen molar-refractivity contribution < 1.29 is 28.5 Å². The number of phenols is 1. The smallest absolute Gasteiger partial charge is 0.312 e. The summed E-state index contributed by atoms with van der Waals surface area (Å²) in [5.74, 6) is -0.0444. The van der Waals surface area contributed by atoms with Crippen LogP contribution >= 0.6 is 0 Å². The van der Waals surface area contributed by atoms with Gasteiger partial charge in [-0.1, -0.05) is 6.07 Å². The van der Waals surface area contributed by atoms with E-state index in [2.05, 4.69) is 4.98 Å². The standard InChI is InChI=1S/C25H19NO7/c1-30-18-4-3-14(9-19(18)31-2)16-12-32-25-22-15(13-5-7-26-8-6-13)10-21(28)33-20(22)11-17(27)23(25)24(16)29/h3-9,11-12,15,27H,10H2,1-2H3/t15-/m1/s1. The van der Waals surface area contributed by atoms with E-state index in [0.29, 0.717) is 22.6 Å². The number of phenolic OH excluding ortho intramolecular Hbond substituents is 1. The quantitative estimate of drug-likeness (QED) is 0.371. The predicted molar refractivity (Wildman–Crippen MR) is 119 cm³/mol. The van der Waals surface area contributed by atoms with Crippen LogP contribution in [0.3, 0.4) is 0 Å². The van der Waals surface area contributed by atoms with E-state index in [4.69, 9.17) is 18.6 Å². The van der Waals surface area contributed by atoms with Crippen molar-refractivity contribution in [2.45, 2.75) is 12.3 Å². The topological polar surface area (TPSA) is 108 Å². The van der Waals surface area contributed by atoms with E-state index in [1.165, 1.54) is 26.5 Å². The highest BCUT2D eigenvalue weighted by atomic mass is 16.5. The zero-order valence-corrected chi connectivity index (χ0v) is 17.8. The Hall–Kier alpha value is -4.33. The predicted octanol–water partition coefficient (Wildman–Crippen LogP) is 4.02. The van der Waals surface area contributed by atoms with Crippen LogP contribution in [0.1, 0.15) is 23.5 Å². The van der Waals surface area contributed by atoms with Crippen LogP contribution in [0.2, 0.25) is 0 Å². The summed E-state index contributed by atoms with van der Waals surface area (Å²) in [4.78, 5) is 29.8. The van der Waals surface area contributed by atoms with Crippen molar-refractivity contribution in [2.24, 2.45) is 0 Å². The summed E-state index contributed by atoms with van der Waals surface area (Å²) >= 11 is 0. The summed E-state index contributed by atoms with van der Waals surface area (Å²) in [7, 11) is 3.03. The molecular formula is C25H19NO7. The Bertz CT molecular complexity index is 1440. The van der Waals surface area contributed by atoms with Gasteiger partial charge >= 0.3 is 5.97 Å². The van der Waals surface area contributed by atoms with Crippen LogP contribution < -0.4 is 19.6 Å². The molecule has 0 saturated carbocycles. The van der Waals surface area contributed by atoms with Crippen molar-refractivity contribution >= 4 is 16.9 Å². The van der Waals surface area contributed by atoms with Gasteiger partial charge in [0.15, 0.2) is 11.5 Å². The summed E-state index contributed by atoms with van der Waals surface area (Å²) in [5, 5.41) is 10.7. The molecule has 1 N–H and O–H groups in total. The number of esters is 1. The van der Waals surface area contributed by atoms with Gasteiger partial charge in [-0.3, -0.25) is 14.6 Å². The highest BCUT2D eigenvalue weighted by Gasteiger charge is 2.33. The SMILES string of the molecule is COc1ccc(-c2coc3c4c(cc(O)c3c2=O)OC(=O)C[C@@H]4c2ccncc2)cc1OC. The Balaban J connectivity index is 1.75. The van der Waals surface area contributed by atoms with Crippen LogP contribution in [0.4, 0.5) is 0 Å². The van der Waals surface area contributed by atoms with E-state index in [1.807, 2.05) is 0 Å². The number of rotatable bonds is 4. The van der Waals surface area contributed by atoms with Gasteiger partial charge in [-0.2, -0.15) is 0 Å². The number of aromatic hydroxyl groups is 1. The van der Waals surface area contributed by atoms with Crippen molar-refractivity contribution in [2.75, 3.05) is 14.2 Å². The lowest BCUT2D eigenvalue weighted by atomic mass is 9.85. The Labute approximate surface area is 188 Å². The summed E-state index contributed by atoms with van der Waals surface area (Å²) in [6.07, 6.45) is 4.66. The van der Waals surface area contributed by atoms with Gasteiger partial charge in [0.2, 0.25) is 5.43 Å². The van der Waals surface area contributed by atoms with Gasteiger partial charge in [0.25, 0.3) is 0 Å². The maximum absolute atomic E-state index is 13.5. The highest BCUT2D eigenvalue weighted by molar-refractivity contribution is 5.94. The first-order valence-corrected chi connectivity index (χ1v) is 10.2. The molecule has 2 aromatic carbocycles. The number of nitrogens with zero attached hydrogens (tertiary/aromatic N) is 1. The van der Waals surface area contributed by atoms with Gasteiger partial charge in [-0.25, -0.2) is 0 Å². The fourth-order valence-electron chi connectivity index (χ4n) is 4.22. The minimum atomic E-state index is -0.438. The summed E-state index contributed by atoms with van der Waals surface area (Å²) < 4.78 is 21.9. The Kier molecular flexibility index (Phi) is 4.97. The lowest BCUT2D eigenvalue weighted by Crippen LogP contribution is -2.22. The molecular weight excluding hydrogens is 426 g/mol. The number of ether oxygens (including phenoxy) is 3. The Morgan fingerprint density at radius 1 is 1.03 bits per heavy atom. The van der Waals surface area contributed by atoms with Crippen LogP contribution in [0.5, 0.6) is 23.0 Å². The first-order valence-electron chi connectivity index (χ1n) is 10.2. The van der Waals surface area contributed by atoms with Gasteiger partial charge in [0, 0.05) is 29.9 Å². The molecule has 0 amide bonds. The molecule has 1 atom stereocenters. The third-order valence-electron chi connectivity index (χ3n) is 5.77. The number of fused-ring (bicyclic) bond motifs is 3. The average molecular weight is 445 g/mol. The molecule has 4 aromatic rings. The lowest BCUT2D eigenvalue weighted by molar-refractivity contribution is -0.135. The minimum absolute atomic E-state index is 0.0121. The van der Waals surface area contributed by atoms with E-state index in [9.17, 15) is 14.7 Å². The van der Waals surface area contributed by atoms with Crippen molar-refractivity contribution in [3.05, 3.63) is 76.4 Å². The normalized spacial score (nSPS) is 15.1. The number of benzene rings is 2.